The van der Waals surface area contributed by atoms with Gasteiger partial charge in [-0.1, -0.05) is 31.2 Å². The average molecular weight is 233 g/mol. The van der Waals surface area contributed by atoms with Gasteiger partial charge in [0, 0.05) is 12.0 Å². The Morgan fingerprint density at radius 1 is 1.47 bits per heavy atom. The molecular formula is C14H19NO2. The number of carbonyl (C=O) groups excluding carboxylic acids is 1. The van der Waals surface area contributed by atoms with Crippen LogP contribution in [0, 0.1) is 0 Å². The number of nitrogens with one attached hydrogen (secondary N) is 1. The zero-order valence-electron chi connectivity index (χ0n) is 10.2. The number of aliphatic hydroxyl groups excluding tert-OH is 1. The highest BCUT2D eigenvalue weighted by Crippen LogP contribution is 2.36. The highest BCUT2D eigenvalue weighted by Gasteiger charge is 2.31. The molecule has 1 atom stereocenters. The van der Waals surface area contributed by atoms with E-state index in [9.17, 15) is 4.79 Å². The third kappa shape index (κ3) is 2.50. The summed E-state index contributed by atoms with van der Waals surface area (Å²) in [4.78, 5) is 11.1. The van der Waals surface area contributed by atoms with Crippen LogP contribution in [0.1, 0.15) is 30.9 Å². The summed E-state index contributed by atoms with van der Waals surface area (Å²) in [6.45, 7) is 2.35. The molecule has 0 bridgehead atoms. The summed E-state index contributed by atoms with van der Waals surface area (Å²) in [6.07, 6.45) is 3.36. The molecule has 1 amide bonds. The number of fused-ring (bicyclic) bond motifs is 1. The monoisotopic (exact) mass is 233 g/mol. The second-order valence-corrected chi connectivity index (χ2v) is 5.01. The predicted molar refractivity (Wildman–Crippen MR) is 66.8 cm³/mol. The molecular weight excluding hydrogens is 214 g/mol. The number of hydrogen-bond acceptors (Lipinski definition) is 2. The van der Waals surface area contributed by atoms with Crippen LogP contribution in [0.2, 0.25) is 0 Å². The molecule has 0 aromatic heterocycles. The van der Waals surface area contributed by atoms with Crippen molar-refractivity contribution in [2.75, 3.05) is 13.2 Å². The third-order valence-electron chi connectivity index (χ3n) is 3.66. The van der Waals surface area contributed by atoms with Gasteiger partial charge in [-0.2, -0.15) is 0 Å². The first kappa shape index (κ1) is 12.1. The van der Waals surface area contributed by atoms with Crippen LogP contribution in [0.15, 0.2) is 24.3 Å². The highest BCUT2D eigenvalue weighted by molar-refractivity contribution is 5.77. The van der Waals surface area contributed by atoms with E-state index in [-0.39, 0.29) is 11.3 Å². The van der Waals surface area contributed by atoms with Gasteiger partial charge < -0.3 is 10.4 Å². The van der Waals surface area contributed by atoms with Crippen molar-refractivity contribution < 1.29 is 9.90 Å². The fraction of sp³-hybridized carbons (Fsp3) is 0.500. The smallest absolute Gasteiger partial charge is 0.245 e. The summed E-state index contributed by atoms with van der Waals surface area (Å²) in [6, 6.07) is 8.44. The van der Waals surface area contributed by atoms with E-state index >= 15 is 0 Å². The van der Waals surface area contributed by atoms with Crippen molar-refractivity contribution in [3.05, 3.63) is 35.4 Å². The zero-order valence-corrected chi connectivity index (χ0v) is 10.2. The summed E-state index contributed by atoms with van der Waals surface area (Å²) in [5.41, 5.74) is 2.73. The predicted octanol–water partition coefficient (Wildman–Crippen LogP) is 1.39. The Bertz CT molecular complexity index is 416. The molecule has 2 N–H and O–H groups in total. The summed E-state index contributed by atoms with van der Waals surface area (Å²) < 4.78 is 0. The number of benzene rings is 1. The normalized spacial score (nSPS) is 22.9. The fourth-order valence-electron chi connectivity index (χ4n) is 2.66. The molecule has 0 radical (unpaired) electrons. The van der Waals surface area contributed by atoms with Crippen LogP contribution in [0.4, 0.5) is 0 Å². The number of aryl methyl sites for hydroxylation is 1. The molecule has 3 heteroatoms. The molecule has 1 aromatic carbocycles. The highest BCUT2D eigenvalue weighted by atomic mass is 16.3. The summed E-state index contributed by atoms with van der Waals surface area (Å²) in [5.74, 6) is -0.297. The van der Waals surface area contributed by atoms with Gasteiger partial charge in [-0.25, -0.2) is 0 Å². The molecule has 2 rings (SSSR count). The lowest BCUT2D eigenvalue weighted by Gasteiger charge is -2.36. The van der Waals surface area contributed by atoms with Gasteiger partial charge in [-0.15, -0.1) is 0 Å². The first-order valence-corrected chi connectivity index (χ1v) is 6.12. The van der Waals surface area contributed by atoms with E-state index in [1.165, 1.54) is 11.1 Å². The summed E-state index contributed by atoms with van der Waals surface area (Å²) >= 11 is 0. The Hall–Kier alpha value is -1.35. The molecule has 0 saturated carbocycles. The van der Waals surface area contributed by atoms with E-state index in [0.29, 0.717) is 6.54 Å². The number of amides is 1. The summed E-state index contributed by atoms with van der Waals surface area (Å²) in [5, 5.41) is 11.5. The number of carbonyl (C=O) groups is 1. The topological polar surface area (TPSA) is 49.3 Å². The van der Waals surface area contributed by atoms with Crippen LogP contribution in [0.5, 0.6) is 0 Å². The van der Waals surface area contributed by atoms with E-state index in [2.05, 4.69) is 36.5 Å². The maximum Gasteiger partial charge on any atom is 0.245 e. The largest absolute Gasteiger partial charge is 0.387 e. The molecule has 1 unspecified atom stereocenters. The maximum absolute atomic E-state index is 11.1. The van der Waals surface area contributed by atoms with Crippen LogP contribution >= 0.6 is 0 Å². The number of aliphatic hydroxyl groups is 1. The van der Waals surface area contributed by atoms with Crippen LogP contribution in [0.3, 0.4) is 0 Å². The maximum atomic E-state index is 11.1. The lowest BCUT2D eigenvalue weighted by molar-refractivity contribution is -0.124. The van der Waals surface area contributed by atoms with Crippen molar-refractivity contribution in [2.45, 2.75) is 31.6 Å². The molecule has 0 saturated heterocycles. The first-order valence-electron chi connectivity index (χ1n) is 6.12. The van der Waals surface area contributed by atoms with Gasteiger partial charge >= 0.3 is 0 Å². The Balaban J connectivity index is 2.18. The van der Waals surface area contributed by atoms with E-state index in [4.69, 9.17) is 5.11 Å². The van der Waals surface area contributed by atoms with Gasteiger partial charge in [0.05, 0.1) is 0 Å². The number of hydrogen-bond donors (Lipinski definition) is 2. The van der Waals surface area contributed by atoms with E-state index in [1.807, 2.05) is 0 Å². The van der Waals surface area contributed by atoms with Crippen LogP contribution in [-0.4, -0.2) is 24.2 Å². The minimum Gasteiger partial charge on any atom is -0.387 e. The van der Waals surface area contributed by atoms with E-state index in [1.54, 1.807) is 0 Å². The molecule has 1 aliphatic carbocycles. The summed E-state index contributed by atoms with van der Waals surface area (Å²) in [7, 11) is 0. The second kappa shape index (κ2) is 4.88. The van der Waals surface area contributed by atoms with Crippen molar-refractivity contribution in [3.8, 4) is 0 Å². The minimum absolute atomic E-state index is 0.000324. The quantitative estimate of drug-likeness (QED) is 0.829. The first-order chi connectivity index (χ1) is 8.15. The molecule has 0 aliphatic heterocycles. The fourth-order valence-corrected chi connectivity index (χ4v) is 2.66. The van der Waals surface area contributed by atoms with Gasteiger partial charge in [0.2, 0.25) is 5.91 Å². The Labute approximate surface area is 102 Å². The minimum atomic E-state index is -0.433. The molecule has 3 nitrogen and oxygen atoms in total. The Morgan fingerprint density at radius 3 is 3.00 bits per heavy atom. The SMILES string of the molecule is CC1(CNC(=O)CO)CCCc2ccccc21. The van der Waals surface area contributed by atoms with Gasteiger partial charge in [-0.05, 0) is 30.4 Å². The Kier molecular flexibility index (Phi) is 3.48. The molecule has 0 heterocycles. The molecule has 1 aromatic rings. The Morgan fingerprint density at radius 2 is 2.24 bits per heavy atom. The van der Waals surface area contributed by atoms with Gasteiger partial charge in [0.25, 0.3) is 0 Å². The molecule has 92 valence electrons. The van der Waals surface area contributed by atoms with Gasteiger partial charge in [-0.3, -0.25) is 4.79 Å². The standard InChI is InChI=1S/C14H19NO2/c1-14(10-15-13(17)9-16)8-4-6-11-5-2-3-7-12(11)14/h2-3,5,7,16H,4,6,8-10H2,1H3,(H,15,17). The van der Waals surface area contributed by atoms with Crippen molar-refractivity contribution >= 4 is 5.91 Å². The molecule has 0 fully saturated rings. The van der Waals surface area contributed by atoms with E-state index < -0.39 is 6.61 Å². The molecule has 1 aliphatic rings. The van der Waals surface area contributed by atoms with Crippen molar-refractivity contribution in [1.29, 1.82) is 0 Å². The molecule has 17 heavy (non-hydrogen) atoms. The van der Waals surface area contributed by atoms with E-state index in [0.717, 1.165) is 19.3 Å². The molecule has 0 spiro atoms. The average Bonchev–Trinajstić information content (AvgIpc) is 2.37. The third-order valence-corrected chi connectivity index (χ3v) is 3.66. The zero-order chi connectivity index (χ0) is 12.3. The number of rotatable bonds is 3. The lowest BCUT2D eigenvalue weighted by atomic mass is 9.71. The van der Waals surface area contributed by atoms with Crippen molar-refractivity contribution in [3.63, 3.8) is 0 Å². The van der Waals surface area contributed by atoms with Crippen LogP contribution in [0.25, 0.3) is 0 Å². The van der Waals surface area contributed by atoms with Gasteiger partial charge in [0.15, 0.2) is 0 Å². The van der Waals surface area contributed by atoms with Crippen molar-refractivity contribution in [1.82, 2.24) is 5.32 Å². The second-order valence-electron chi connectivity index (χ2n) is 5.01. The van der Waals surface area contributed by atoms with Gasteiger partial charge in [0.1, 0.15) is 6.61 Å². The van der Waals surface area contributed by atoms with Crippen LogP contribution < -0.4 is 5.32 Å². The van der Waals surface area contributed by atoms with Crippen molar-refractivity contribution in [2.24, 2.45) is 0 Å². The van der Waals surface area contributed by atoms with Crippen LogP contribution in [-0.2, 0) is 16.6 Å². The lowest BCUT2D eigenvalue weighted by Crippen LogP contribution is -2.41.